The van der Waals surface area contributed by atoms with Crippen molar-refractivity contribution in [3.8, 4) is 5.75 Å². The number of carbonyl (C=O) groups excluding carboxylic acids is 1. The van der Waals surface area contributed by atoms with Crippen LogP contribution in [-0.4, -0.2) is 31.6 Å². The van der Waals surface area contributed by atoms with E-state index in [-0.39, 0.29) is 17.4 Å². The molecule has 2 atom stereocenters. The largest absolute Gasteiger partial charge is 0.488 e. The quantitative estimate of drug-likeness (QED) is 0.887. The van der Waals surface area contributed by atoms with Crippen molar-refractivity contribution in [2.45, 2.75) is 32.8 Å². The van der Waals surface area contributed by atoms with Crippen molar-refractivity contribution in [1.29, 1.82) is 0 Å². The number of fused-ring (bicyclic) bond motifs is 1. The first-order chi connectivity index (χ1) is 10.1. The van der Waals surface area contributed by atoms with Crippen LogP contribution in [0.1, 0.15) is 25.8 Å². The van der Waals surface area contributed by atoms with Crippen LogP contribution in [0.25, 0.3) is 0 Å². The molecule has 1 aromatic carbocycles. The molecule has 4 nitrogen and oxygen atoms in total. The molecule has 0 aromatic heterocycles. The molecule has 0 spiro atoms. The molecule has 2 N–H and O–H groups in total. The smallest absolute Gasteiger partial charge is 0.227 e. The maximum Gasteiger partial charge on any atom is 0.227 e. The number of nitrogens with one attached hydrogen (secondary N) is 2. The van der Waals surface area contributed by atoms with E-state index in [1.165, 1.54) is 5.56 Å². The van der Waals surface area contributed by atoms with Crippen molar-refractivity contribution < 1.29 is 9.53 Å². The molecule has 1 amide bonds. The van der Waals surface area contributed by atoms with Gasteiger partial charge in [0, 0.05) is 13.0 Å². The molecule has 114 valence electrons. The molecule has 2 aliphatic heterocycles. The van der Waals surface area contributed by atoms with Crippen molar-refractivity contribution in [1.82, 2.24) is 10.6 Å². The van der Waals surface area contributed by atoms with E-state index in [2.05, 4.69) is 30.5 Å². The fraction of sp³-hybridized carbons (Fsp3) is 0.588. The summed E-state index contributed by atoms with van der Waals surface area (Å²) in [6.07, 6.45) is 1.86. The lowest BCUT2D eigenvalue weighted by atomic mass is 9.75. The van der Waals surface area contributed by atoms with E-state index in [1.54, 1.807) is 0 Å². The van der Waals surface area contributed by atoms with E-state index in [4.69, 9.17) is 4.74 Å². The average Bonchev–Trinajstić information content (AvgIpc) is 3.11. The van der Waals surface area contributed by atoms with E-state index < -0.39 is 0 Å². The minimum atomic E-state index is -0.258. The molecule has 2 aliphatic rings. The molecule has 0 radical (unpaired) electrons. The molecule has 4 heteroatoms. The van der Waals surface area contributed by atoms with E-state index in [1.807, 2.05) is 18.2 Å². The van der Waals surface area contributed by atoms with E-state index >= 15 is 0 Å². The van der Waals surface area contributed by atoms with Gasteiger partial charge in [-0.3, -0.25) is 4.79 Å². The lowest BCUT2D eigenvalue weighted by Gasteiger charge is -2.31. The summed E-state index contributed by atoms with van der Waals surface area (Å²) in [5.41, 5.74) is 0.976. The fourth-order valence-corrected chi connectivity index (χ4v) is 3.41. The number of benzene rings is 1. The maximum atomic E-state index is 12.6. The van der Waals surface area contributed by atoms with Gasteiger partial charge in [0.2, 0.25) is 5.91 Å². The normalized spacial score (nSPS) is 27.5. The second kappa shape index (κ2) is 5.68. The molecule has 2 unspecified atom stereocenters. The van der Waals surface area contributed by atoms with Crippen molar-refractivity contribution >= 4 is 5.91 Å². The summed E-state index contributed by atoms with van der Waals surface area (Å²) in [6.45, 7) is 6.56. The van der Waals surface area contributed by atoms with Crippen LogP contribution in [0, 0.1) is 11.3 Å². The zero-order valence-corrected chi connectivity index (χ0v) is 12.8. The lowest BCUT2D eigenvalue weighted by molar-refractivity contribution is -0.132. The highest BCUT2D eigenvalue weighted by Crippen LogP contribution is 2.34. The van der Waals surface area contributed by atoms with E-state index in [0.717, 1.165) is 31.7 Å². The Balaban J connectivity index is 1.58. The third kappa shape index (κ3) is 2.64. The number of hydrogen-bond donors (Lipinski definition) is 2. The number of hydrogen-bond acceptors (Lipinski definition) is 3. The summed E-state index contributed by atoms with van der Waals surface area (Å²) in [5.74, 6) is 1.47. The predicted octanol–water partition coefficient (Wildman–Crippen LogP) is 1.74. The second-order valence-electron chi connectivity index (χ2n) is 6.50. The van der Waals surface area contributed by atoms with Gasteiger partial charge < -0.3 is 15.4 Å². The summed E-state index contributed by atoms with van der Waals surface area (Å²) in [6, 6.07) is 8.10. The first kappa shape index (κ1) is 14.4. The Morgan fingerprint density at radius 1 is 1.48 bits per heavy atom. The number of rotatable bonds is 4. The summed E-state index contributed by atoms with van der Waals surface area (Å²) < 4.78 is 5.88. The second-order valence-corrected chi connectivity index (χ2v) is 6.50. The fourth-order valence-electron chi connectivity index (χ4n) is 3.41. The van der Waals surface area contributed by atoms with Gasteiger partial charge in [-0.15, -0.1) is 0 Å². The Morgan fingerprint density at radius 2 is 2.29 bits per heavy atom. The standard InChI is InChI=1S/C17H24N2O2/c1-12(2)17(7-8-18-11-17)16(20)19-10-14-9-13-5-3-4-6-15(13)21-14/h3-6,12,14,18H,7-11H2,1-2H3,(H,19,20). The third-order valence-corrected chi connectivity index (χ3v) is 4.95. The van der Waals surface area contributed by atoms with Gasteiger partial charge in [-0.2, -0.15) is 0 Å². The molecule has 1 aromatic rings. The van der Waals surface area contributed by atoms with Gasteiger partial charge in [-0.1, -0.05) is 32.0 Å². The first-order valence-corrected chi connectivity index (χ1v) is 7.85. The van der Waals surface area contributed by atoms with Crippen molar-refractivity contribution in [3.63, 3.8) is 0 Å². The van der Waals surface area contributed by atoms with Gasteiger partial charge in [-0.25, -0.2) is 0 Å². The highest BCUT2D eigenvalue weighted by molar-refractivity contribution is 5.83. The van der Waals surface area contributed by atoms with Crippen molar-refractivity contribution in [2.75, 3.05) is 19.6 Å². The molecule has 3 rings (SSSR count). The van der Waals surface area contributed by atoms with Crippen LogP contribution in [0.2, 0.25) is 0 Å². The van der Waals surface area contributed by atoms with Crippen molar-refractivity contribution in [2.24, 2.45) is 11.3 Å². The number of para-hydroxylation sites is 1. The first-order valence-electron chi connectivity index (χ1n) is 7.85. The minimum Gasteiger partial charge on any atom is -0.488 e. The summed E-state index contributed by atoms with van der Waals surface area (Å²) >= 11 is 0. The number of carbonyl (C=O) groups is 1. The van der Waals surface area contributed by atoms with Crippen LogP contribution >= 0.6 is 0 Å². The van der Waals surface area contributed by atoms with Gasteiger partial charge in [0.1, 0.15) is 11.9 Å². The molecule has 0 aliphatic carbocycles. The zero-order valence-electron chi connectivity index (χ0n) is 12.8. The minimum absolute atomic E-state index is 0.0601. The highest BCUT2D eigenvalue weighted by Gasteiger charge is 2.44. The van der Waals surface area contributed by atoms with Crippen LogP contribution in [0.3, 0.4) is 0 Å². The summed E-state index contributed by atoms with van der Waals surface area (Å²) in [5, 5.41) is 6.45. The van der Waals surface area contributed by atoms with Crippen LogP contribution in [0.15, 0.2) is 24.3 Å². The number of ether oxygens (including phenoxy) is 1. The Hall–Kier alpha value is -1.55. The molecular weight excluding hydrogens is 264 g/mol. The monoisotopic (exact) mass is 288 g/mol. The van der Waals surface area contributed by atoms with Crippen LogP contribution in [0.4, 0.5) is 0 Å². The van der Waals surface area contributed by atoms with Crippen LogP contribution < -0.4 is 15.4 Å². The summed E-state index contributed by atoms with van der Waals surface area (Å²) in [7, 11) is 0. The van der Waals surface area contributed by atoms with Gasteiger partial charge in [0.15, 0.2) is 0 Å². The van der Waals surface area contributed by atoms with E-state index in [0.29, 0.717) is 12.5 Å². The Labute approximate surface area is 126 Å². The lowest BCUT2D eigenvalue weighted by Crippen LogP contribution is -2.48. The highest BCUT2D eigenvalue weighted by atomic mass is 16.5. The predicted molar refractivity (Wildman–Crippen MR) is 82.3 cm³/mol. The topological polar surface area (TPSA) is 50.4 Å². The molecule has 0 saturated carbocycles. The number of amides is 1. The molecule has 0 bridgehead atoms. The maximum absolute atomic E-state index is 12.6. The molecular formula is C17H24N2O2. The van der Waals surface area contributed by atoms with Crippen LogP contribution in [-0.2, 0) is 11.2 Å². The Kier molecular flexibility index (Phi) is 3.89. The van der Waals surface area contributed by atoms with E-state index in [9.17, 15) is 4.79 Å². The van der Waals surface area contributed by atoms with Gasteiger partial charge in [0.25, 0.3) is 0 Å². The summed E-state index contributed by atoms with van der Waals surface area (Å²) in [4.78, 5) is 12.6. The van der Waals surface area contributed by atoms with Crippen LogP contribution in [0.5, 0.6) is 5.75 Å². The molecule has 1 fully saturated rings. The third-order valence-electron chi connectivity index (χ3n) is 4.95. The Morgan fingerprint density at radius 3 is 2.95 bits per heavy atom. The van der Waals surface area contributed by atoms with Gasteiger partial charge in [0.05, 0.1) is 12.0 Å². The van der Waals surface area contributed by atoms with Gasteiger partial charge in [-0.05, 0) is 30.5 Å². The van der Waals surface area contributed by atoms with Gasteiger partial charge >= 0.3 is 0 Å². The molecule has 21 heavy (non-hydrogen) atoms. The molecule has 2 heterocycles. The van der Waals surface area contributed by atoms with Crippen molar-refractivity contribution in [3.05, 3.63) is 29.8 Å². The SMILES string of the molecule is CC(C)C1(C(=O)NCC2Cc3ccccc3O2)CCNC1. The molecule has 1 saturated heterocycles. The zero-order chi connectivity index (χ0) is 14.9. The Bertz CT molecular complexity index is 496. The average molecular weight is 288 g/mol.